The van der Waals surface area contributed by atoms with Gasteiger partial charge < -0.3 is 5.32 Å². The van der Waals surface area contributed by atoms with Gasteiger partial charge in [0.05, 0.1) is 5.56 Å². The Balaban J connectivity index is 3.41. The summed E-state index contributed by atoms with van der Waals surface area (Å²) in [6.45, 7) is 2.02. The molecule has 0 bridgehead atoms. The molecule has 0 aromatic heterocycles. The average molecular weight is 265 g/mol. The van der Waals surface area contributed by atoms with Gasteiger partial charge in [0, 0.05) is 6.54 Å². The molecule has 1 aromatic carbocycles. The minimum Gasteiger partial charge on any atom is -0.316 e. The largest absolute Gasteiger partial charge is 0.316 e. The summed E-state index contributed by atoms with van der Waals surface area (Å²) in [7, 11) is 1.61. The Hall–Kier alpha value is -1.43. The molecular formula is C12H12F5N. The van der Waals surface area contributed by atoms with Crippen molar-refractivity contribution in [2.75, 3.05) is 13.6 Å². The van der Waals surface area contributed by atoms with Crippen LogP contribution in [0, 0.1) is 29.1 Å². The molecule has 0 amide bonds. The molecule has 0 aliphatic heterocycles. The van der Waals surface area contributed by atoms with Gasteiger partial charge in [-0.1, -0.05) is 12.5 Å². The number of benzene rings is 1. The Morgan fingerprint density at radius 2 is 1.39 bits per heavy atom. The van der Waals surface area contributed by atoms with Crippen LogP contribution in [-0.4, -0.2) is 13.6 Å². The maximum absolute atomic E-state index is 13.4. The number of likely N-dealkylation sites (N-methyl/N-ethyl adjacent to an activating group) is 1. The van der Waals surface area contributed by atoms with E-state index in [-0.39, 0.29) is 0 Å². The minimum absolute atomic E-state index is 0.302. The molecule has 0 spiro atoms. The van der Waals surface area contributed by atoms with Crippen LogP contribution in [0.5, 0.6) is 0 Å². The van der Waals surface area contributed by atoms with Crippen molar-refractivity contribution in [3.8, 4) is 0 Å². The molecule has 1 rings (SSSR count). The van der Waals surface area contributed by atoms with Crippen LogP contribution in [0.25, 0.3) is 6.08 Å². The molecule has 18 heavy (non-hydrogen) atoms. The van der Waals surface area contributed by atoms with E-state index in [0.717, 1.165) is 6.08 Å². The van der Waals surface area contributed by atoms with Gasteiger partial charge in [-0.2, -0.15) is 0 Å². The van der Waals surface area contributed by atoms with E-state index in [4.69, 9.17) is 0 Å². The quantitative estimate of drug-likeness (QED) is 0.500. The first-order valence-electron chi connectivity index (χ1n) is 5.29. The molecule has 0 saturated carbocycles. The van der Waals surface area contributed by atoms with Crippen molar-refractivity contribution in [1.82, 2.24) is 5.32 Å². The van der Waals surface area contributed by atoms with Gasteiger partial charge >= 0.3 is 0 Å². The highest BCUT2D eigenvalue weighted by atomic mass is 19.2. The second-order valence-electron chi connectivity index (χ2n) is 3.67. The van der Waals surface area contributed by atoms with E-state index >= 15 is 0 Å². The Labute approximate surface area is 101 Å². The third-order valence-electron chi connectivity index (χ3n) is 2.45. The smallest absolute Gasteiger partial charge is 0.200 e. The number of nitrogens with one attached hydrogen (secondary N) is 1. The van der Waals surface area contributed by atoms with Gasteiger partial charge in [-0.05, 0) is 19.5 Å². The molecule has 100 valence electrons. The molecule has 0 aliphatic rings. The van der Waals surface area contributed by atoms with Crippen LogP contribution in [0.1, 0.15) is 18.9 Å². The molecule has 0 atom stereocenters. The highest BCUT2D eigenvalue weighted by molar-refractivity contribution is 5.55. The first kappa shape index (κ1) is 14.6. The lowest BCUT2D eigenvalue weighted by Crippen LogP contribution is -2.11. The van der Waals surface area contributed by atoms with E-state index in [0.29, 0.717) is 18.5 Å². The van der Waals surface area contributed by atoms with Crippen LogP contribution in [0.4, 0.5) is 22.0 Å². The Morgan fingerprint density at radius 3 is 1.78 bits per heavy atom. The summed E-state index contributed by atoms with van der Waals surface area (Å²) in [5.41, 5.74) is -0.376. The fraction of sp³-hybridized carbons (Fsp3) is 0.333. The second-order valence-corrected chi connectivity index (χ2v) is 3.67. The molecule has 6 heteroatoms. The van der Waals surface area contributed by atoms with E-state index in [2.05, 4.69) is 5.32 Å². The third kappa shape index (κ3) is 2.69. The molecule has 0 fully saturated rings. The van der Waals surface area contributed by atoms with Crippen molar-refractivity contribution in [2.24, 2.45) is 0 Å². The van der Waals surface area contributed by atoms with Gasteiger partial charge in [0.2, 0.25) is 5.82 Å². The van der Waals surface area contributed by atoms with Crippen molar-refractivity contribution in [3.63, 3.8) is 0 Å². The topological polar surface area (TPSA) is 12.0 Å². The molecule has 0 radical (unpaired) electrons. The monoisotopic (exact) mass is 265 g/mol. The maximum atomic E-state index is 13.4. The summed E-state index contributed by atoms with van der Waals surface area (Å²) < 4.78 is 65.4. The maximum Gasteiger partial charge on any atom is 0.200 e. The van der Waals surface area contributed by atoms with Crippen LogP contribution < -0.4 is 5.32 Å². The highest BCUT2D eigenvalue weighted by Crippen LogP contribution is 2.25. The second kappa shape index (κ2) is 5.95. The van der Waals surface area contributed by atoms with Gasteiger partial charge in [-0.25, -0.2) is 22.0 Å². The van der Waals surface area contributed by atoms with Crippen LogP contribution >= 0.6 is 0 Å². The highest BCUT2D eigenvalue weighted by Gasteiger charge is 2.24. The lowest BCUT2D eigenvalue weighted by Gasteiger charge is -2.07. The van der Waals surface area contributed by atoms with Crippen molar-refractivity contribution >= 4 is 6.08 Å². The van der Waals surface area contributed by atoms with Crippen LogP contribution in [0.15, 0.2) is 5.57 Å². The molecule has 0 unspecified atom stereocenters. The summed E-state index contributed by atoms with van der Waals surface area (Å²) in [5.74, 6) is -9.63. The van der Waals surface area contributed by atoms with Crippen molar-refractivity contribution in [1.29, 1.82) is 0 Å². The minimum atomic E-state index is -2.14. The van der Waals surface area contributed by atoms with Crippen molar-refractivity contribution < 1.29 is 22.0 Å². The van der Waals surface area contributed by atoms with E-state index in [1.54, 1.807) is 14.0 Å². The average Bonchev–Trinajstić information content (AvgIpc) is 2.37. The molecule has 1 N–H and O–H groups in total. The first-order chi connectivity index (χ1) is 8.43. The van der Waals surface area contributed by atoms with Crippen molar-refractivity contribution in [3.05, 3.63) is 40.2 Å². The van der Waals surface area contributed by atoms with Gasteiger partial charge in [0.25, 0.3) is 0 Å². The first-order valence-corrected chi connectivity index (χ1v) is 5.29. The fourth-order valence-electron chi connectivity index (χ4n) is 1.46. The zero-order valence-corrected chi connectivity index (χ0v) is 9.88. The molecule has 1 aromatic rings. The summed E-state index contributed by atoms with van der Waals surface area (Å²) in [5, 5.41) is 2.74. The van der Waals surface area contributed by atoms with Gasteiger partial charge in [-0.15, -0.1) is 0 Å². The van der Waals surface area contributed by atoms with Gasteiger partial charge in [0.1, 0.15) is 0 Å². The fourth-order valence-corrected chi connectivity index (χ4v) is 1.46. The summed E-state index contributed by atoms with van der Waals surface area (Å²) >= 11 is 0. The van der Waals surface area contributed by atoms with E-state index in [9.17, 15) is 22.0 Å². The Bertz CT molecular complexity index is 453. The standard InChI is InChI=1S/C12H12F5N/c1-3-6(5-18-2)4-7-8(13)10(15)12(17)11(16)9(7)14/h4,18H,3,5H2,1-2H3. The lowest BCUT2D eigenvalue weighted by atomic mass is 10.1. The third-order valence-corrected chi connectivity index (χ3v) is 2.45. The van der Waals surface area contributed by atoms with Crippen LogP contribution in [0.3, 0.4) is 0 Å². The van der Waals surface area contributed by atoms with E-state index in [1.807, 2.05) is 0 Å². The lowest BCUT2D eigenvalue weighted by molar-refractivity contribution is 0.377. The van der Waals surface area contributed by atoms with E-state index in [1.165, 1.54) is 0 Å². The number of hydrogen-bond donors (Lipinski definition) is 1. The predicted molar refractivity (Wildman–Crippen MR) is 58.4 cm³/mol. The summed E-state index contributed by atoms with van der Waals surface area (Å²) in [4.78, 5) is 0. The Kier molecular flexibility index (Phi) is 4.84. The molecule has 0 saturated heterocycles. The molecule has 0 aliphatic carbocycles. The predicted octanol–water partition coefficient (Wildman–Crippen LogP) is 3.39. The van der Waals surface area contributed by atoms with Gasteiger partial charge in [-0.3, -0.25) is 0 Å². The van der Waals surface area contributed by atoms with Crippen molar-refractivity contribution in [2.45, 2.75) is 13.3 Å². The van der Waals surface area contributed by atoms with Crippen LogP contribution in [0.2, 0.25) is 0 Å². The zero-order valence-electron chi connectivity index (χ0n) is 9.88. The summed E-state index contributed by atoms with van der Waals surface area (Å²) in [6.07, 6.45) is 1.41. The number of halogens is 5. The Morgan fingerprint density at radius 1 is 0.944 bits per heavy atom. The number of hydrogen-bond acceptors (Lipinski definition) is 1. The zero-order chi connectivity index (χ0) is 13.9. The molecular weight excluding hydrogens is 253 g/mol. The van der Waals surface area contributed by atoms with Gasteiger partial charge in [0.15, 0.2) is 23.3 Å². The van der Waals surface area contributed by atoms with E-state index < -0.39 is 34.6 Å². The molecule has 1 nitrogen and oxygen atoms in total. The molecule has 0 heterocycles. The normalized spacial score (nSPS) is 12.1. The summed E-state index contributed by atoms with van der Waals surface area (Å²) in [6, 6.07) is 0. The van der Waals surface area contributed by atoms with Crippen LogP contribution in [-0.2, 0) is 0 Å². The number of rotatable bonds is 4. The SMILES string of the molecule is CCC(=Cc1c(F)c(F)c(F)c(F)c1F)CNC.